The van der Waals surface area contributed by atoms with Gasteiger partial charge in [-0.2, -0.15) is 0 Å². The van der Waals surface area contributed by atoms with Crippen molar-refractivity contribution in [2.45, 2.75) is 50.6 Å². The molecule has 1 aromatic heterocycles. The summed E-state index contributed by atoms with van der Waals surface area (Å²) in [6.07, 6.45) is 7.48. The smallest absolute Gasteiger partial charge is 0.185 e. The first-order valence-electron chi connectivity index (χ1n) is 8.43. The van der Waals surface area contributed by atoms with Gasteiger partial charge in [0, 0.05) is 30.1 Å². The molecule has 2 fully saturated rings. The van der Waals surface area contributed by atoms with E-state index in [1.807, 2.05) is 11.3 Å². The van der Waals surface area contributed by atoms with Gasteiger partial charge in [-0.3, -0.25) is 0 Å². The molecule has 0 amide bonds. The molecule has 3 atom stereocenters. The molecule has 116 valence electrons. The Morgan fingerprint density at radius 3 is 2.95 bits per heavy atom. The molecule has 4 rings (SSSR count). The van der Waals surface area contributed by atoms with Crippen LogP contribution in [-0.2, 0) is 6.42 Å². The summed E-state index contributed by atoms with van der Waals surface area (Å²) in [6.45, 7) is 3.63. The van der Waals surface area contributed by atoms with Crippen molar-refractivity contribution in [2.24, 2.45) is 11.7 Å². The van der Waals surface area contributed by atoms with Gasteiger partial charge < -0.3 is 15.5 Å². The van der Waals surface area contributed by atoms with Crippen LogP contribution in [0.1, 0.15) is 48.7 Å². The molecule has 0 saturated carbocycles. The number of fused-ring (bicyclic) bond motifs is 2. The first kappa shape index (κ1) is 14.0. The lowest BCUT2D eigenvalue weighted by molar-refractivity contribution is 0.102. The van der Waals surface area contributed by atoms with Crippen LogP contribution in [0.4, 0.5) is 5.13 Å². The third-order valence-corrected chi connectivity index (χ3v) is 6.89. The molecule has 2 saturated heterocycles. The zero-order chi connectivity index (χ0) is 14.4. The highest BCUT2D eigenvalue weighted by Crippen LogP contribution is 2.39. The molecule has 0 radical (unpaired) electrons. The zero-order valence-corrected chi connectivity index (χ0v) is 13.7. The Kier molecular flexibility index (Phi) is 3.67. The lowest BCUT2D eigenvalue weighted by atomic mass is 9.84. The molecule has 3 heterocycles. The summed E-state index contributed by atoms with van der Waals surface area (Å²) >= 11 is 1.87. The van der Waals surface area contributed by atoms with Crippen molar-refractivity contribution in [1.82, 2.24) is 9.88 Å². The van der Waals surface area contributed by atoms with Gasteiger partial charge in [0.05, 0.1) is 5.69 Å². The van der Waals surface area contributed by atoms with Gasteiger partial charge in [0.2, 0.25) is 0 Å². The fraction of sp³-hybridized carbons (Fsp3) is 0.812. The fourth-order valence-corrected chi connectivity index (χ4v) is 5.58. The third kappa shape index (κ3) is 2.49. The highest BCUT2D eigenvalue weighted by Gasteiger charge is 2.35. The van der Waals surface area contributed by atoms with Crippen molar-refractivity contribution >= 4 is 16.5 Å². The van der Waals surface area contributed by atoms with Crippen molar-refractivity contribution in [3.05, 3.63) is 10.6 Å². The number of piperidine rings is 2. The van der Waals surface area contributed by atoms with Crippen LogP contribution < -0.4 is 10.6 Å². The highest BCUT2D eigenvalue weighted by molar-refractivity contribution is 7.15. The van der Waals surface area contributed by atoms with Gasteiger partial charge >= 0.3 is 0 Å². The second-order valence-electron chi connectivity index (χ2n) is 6.99. The van der Waals surface area contributed by atoms with E-state index in [-0.39, 0.29) is 6.04 Å². The molecule has 5 heteroatoms. The minimum absolute atomic E-state index is 0.235. The molecular weight excluding hydrogens is 280 g/mol. The normalized spacial score (nSPS) is 33.6. The number of thiazole rings is 1. The van der Waals surface area contributed by atoms with Crippen LogP contribution in [0.5, 0.6) is 0 Å². The minimum atomic E-state index is 0.235. The minimum Gasteiger partial charge on any atom is -0.348 e. The molecule has 2 N–H and O–H groups in total. The Morgan fingerprint density at radius 1 is 1.19 bits per heavy atom. The molecule has 2 aliphatic heterocycles. The molecule has 0 bridgehead atoms. The molecule has 4 nitrogen and oxygen atoms in total. The summed E-state index contributed by atoms with van der Waals surface area (Å²) < 4.78 is 0. The van der Waals surface area contributed by atoms with Gasteiger partial charge in [-0.15, -0.1) is 0 Å². The number of hydrogen-bond donors (Lipinski definition) is 1. The largest absolute Gasteiger partial charge is 0.348 e. The highest BCUT2D eigenvalue weighted by atomic mass is 32.1. The van der Waals surface area contributed by atoms with E-state index in [4.69, 9.17) is 10.7 Å². The number of likely N-dealkylation sites (tertiary alicyclic amines) is 1. The van der Waals surface area contributed by atoms with Crippen molar-refractivity contribution in [3.8, 4) is 0 Å². The average Bonchev–Trinajstić information content (AvgIpc) is 2.93. The van der Waals surface area contributed by atoms with Crippen LogP contribution in [0.2, 0.25) is 0 Å². The molecule has 21 heavy (non-hydrogen) atoms. The van der Waals surface area contributed by atoms with Gasteiger partial charge in [-0.05, 0) is 58.0 Å². The van der Waals surface area contributed by atoms with E-state index in [0.717, 1.165) is 31.3 Å². The Labute approximate surface area is 131 Å². The summed E-state index contributed by atoms with van der Waals surface area (Å²) in [5, 5.41) is 1.24. The molecule has 0 spiro atoms. The van der Waals surface area contributed by atoms with E-state index >= 15 is 0 Å². The Bertz CT molecular complexity index is 514. The summed E-state index contributed by atoms with van der Waals surface area (Å²) in [7, 11) is 2.30. The lowest BCUT2D eigenvalue weighted by Gasteiger charge is -2.45. The summed E-state index contributed by atoms with van der Waals surface area (Å²) in [6, 6.07) is 1.03. The number of nitrogens with two attached hydrogens (primary N) is 1. The first-order chi connectivity index (χ1) is 10.2. The predicted octanol–water partition coefficient (Wildman–Crippen LogP) is 2.40. The summed E-state index contributed by atoms with van der Waals surface area (Å²) in [5.74, 6) is 0.826. The number of anilines is 1. The van der Waals surface area contributed by atoms with Crippen molar-refractivity contribution in [2.75, 3.05) is 31.6 Å². The average molecular weight is 306 g/mol. The maximum absolute atomic E-state index is 6.26. The number of hydrogen-bond acceptors (Lipinski definition) is 5. The third-order valence-electron chi connectivity index (χ3n) is 5.60. The van der Waals surface area contributed by atoms with E-state index in [0.29, 0.717) is 0 Å². The van der Waals surface area contributed by atoms with Gasteiger partial charge in [0.25, 0.3) is 0 Å². The first-order valence-corrected chi connectivity index (χ1v) is 9.24. The van der Waals surface area contributed by atoms with Crippen LogP contribution in [0, 0.1) is 5.92 Å². The van der Waals surface area contributed by atoms with E-state index in [1.165, 1.54) is 54.5 Å². The van der Waals surface area contributed by atoms with Crippen LogP contribution in [0.25, 0.3) is 0 Å². The van der Waals surface area contributed by atoms with Crippen molar-refractivity contribution in [3.63, 3.8) is 0 Å². The van der Waals surface area contributed by atoms with Crippen molar-refractivity contribution in [1.29, 1.82) is 0 Å². The lowest BCUT2D eigenvalue weighted by Crippen LogP contribution is -2.52. The second-order valence-corrected chi connectivity index (χ2v) is 8.00. The predicted molar refractivity (Wildman–Crippen MR) is 88.0 cm³/mol. The number of aromatic nitrogens is 1. The van der Waals surface area contributed by atoms with Crippen LogP contribution in [-0.4, -0.2) is 42.6 Å². The molecule has 1 aromatic rings. The fourth-order valence-electron chi connectivity index (χ4n) is 4.40. The van der Waals surface area contributed by atoms with Crippen LogP contribution in [0.3, 0.4) is 0 Å². The Hall–Kier alpha value is -0.650. The monoisotopic (exact) mass is 306 g/mol. The SMILES string of the molecule is CN1CCCC2CN(c3nc4c(s3)C(N)CCC4)CCC21. The topological polar surface area (TPSA) is 45.4 Å². The zero-order valence-electron chi connectivity index (χ0n) is 12.9. The van der Waals surface area contributed by atoms with E-state index in [1.54, 1.807) is 0 Å². The summed E-state index contributed by atoms with van der Waals surface area (Å²) in [5.41, 5.74) is 7.55. The molecule has 3 unspecified atom stereocenters. The van der Waals surface area contributed by atoms with E-state index in [9.17, 15) is 0 Å². The van der Waals surface area contributed by atoms with Crippen LogP contribution in [0.15, 0.2) is 0 Å². The van der Waals surface area contributed by atoms with Gasteiger partial charge in [-0.25, -0.2) is 4.98 Å². The quantitative estimate of drug-likeness (QED) is 0.865. The van der Waals surface area contributed by atoms with Crippen molar-refractivity contribution < 1.29 is 0 Å². The standard InChI is InChI=1S/C16H26N4S/c1-19-8-3-4-11-10-20(9-7-14(11)19)16-18-13-6-2-5-12(17)15(13)21-16/h11-12,14H,2-10,17H2,1H3. The number of rotatable bonds is 1. The number of nitrogens with zero attached hydrogens (tertiary/aromatic N) is 3. The van der Waals surface area contributed by atoms with E-state index in [2.05, 4.69) is 16.8 Å². The maximum Gasteiger partial charge on any atom is 0.185 e. The Balaban J connectivity index is 1.52. The maximum atomic E-state index is 6.26. The molecule has 1 aliphatic carbocycles. The molecular formula is C16H26N4S. The summed E-state index contributed by atoms with van der Waals surface area (Å²) in [4.78, 5) is 11.4. The molecule has 3 aliphatic rings. The number of aryl methyl sites for hydroxylation is 1. The van der Waals surface area contributed by atoms with E-state index < -0.39 is 0 Å². The molecule has 0 aromatic carbocycles. The van der Waals surface area contributed by atoms with Crippen LogP contribution >= 0.6 is 11.3 Å². The van der Waals surface area contributed by atoms with Gasteiger partial charge in [0.15, 0.2) is 5.13 Å². The Morgan fingerprint density at radius 2 is 2.10 bits per heavy atom. The van der Waals surface area contributed by atoms with Gasteiger partial charge in [-0.1, -0.05) is 11.3 Å². The van der Waals surface area contributed by atoms with Gasteiger partial charge in [0.1, 0.15) is 0 Å². The second kappa shape index (κ2) is 5.52.